The van der Waals surface area contributed by atoms with Gasteiger partial charge in [0.25, 0.3) is 0 Å². The smallest absolute Gasteiger partial charge is 0.343 e. The zero-order valence-electron chi connectivity index (χ0n) is 12.1. The standard InChI is InChI=1S/C15H19N3O2S/c1-2-20-14(19)11-12(17)10(7-16)21-13(11)18-8-15(5-6-15)9-3-4-9/h9,18H,2-6,8,17H2,1H3. The number of carbonyl (C=O) groups excluding carboxylic acids is 1. The second kappa shape index (κ2) is 5.23. The molecular formula is C15H19N3O2S. The number of esters is 1. The number of thiophene rings is 1. The van der Waals surface area contributed by atoms with Gasteiger partial charge in [0.2, 0.25) is 0 Å². The summed E-state index contributed by atoms with van der Waals surface area (Å²) in [5, 5.41) is 13.1. The van der Waals surface area contributed by atoms with Gasteiger partial charge in [-0.3, -0.25) is 0 Å². The Hall–Kier alpha value is -1.74. The van der Waals surface area contributed by atoms with Gasteiger partial charge in [-0.1, -0.05) is 0 Å². The molecule has 1 heterocycles. The SMILES string of the molecule is CCOC(=O)c1c(NCC2(C3CC3)CC2)sc(C#N)c1N. The average Bonchev–Trinajstić information content (AvgIpc) is 3.34. The molecule has 21 heavy (non-hydrogen) atoms. The predicted molar refractivity (Wildman–Crippen MR) is 82.3 cm³/mol. The molecule has 0 aliphatic heterocycles. The molecule has 0 bridgehead atoms. The normalized spacial score (nSPS) is 18.9. The maximum atomic E-state index is 12.1. The summed E-state index contributed by atoms with van der Waals surface area (Å²) in [5.41, 5.74) is 6.89. The number of anilines is 2. The largest absolute Gasteiger partial charge is 0.462 e. The number of nitriles is 1. The number of ether oxygens (including phenoxy) is 1. The highest BCUT2D eigenvalue weighted by atomic mass is 32.1. The molecule has 0 spiro atoms. The van der Waals surface area contributed by atoms with Gasteiger partial charge in [0.15, 0.2) is 0 Å². The number of nitrogens with zero attached hydrogens (tertiary/aromatic N) is 1. The summed E-state index contributed by atoms with van der Waals surface area (Å²) in [6.45, 7) is 2.90. The molecule has 0 amide bonds. The lowest BCUT2D eigenvalue weighted by atomic mass is 10.0. The molecule has 2 fully saturated rings. The van der Waals surface area contributed by atoms with Crippen LogP contribution in [0.4, 0.5) is 10.7 Å². The van der Waals surface area contributed by atoms with E-state index in [2.05, 4.69) is 5.32 Å². The number of rotatable bonds is 6. The van der Waals surface area contributed by atoms with Gasteiger partial charge in [-0.2, -0.15) is 5.26 Å². The molecule has 3 rings (SSSR count). The Morgan fingerprint density at radius 3 is 2.81 bits per heavy atom. The summed E-state index contributed by atoms with van der Waals surface area (Å²) in [6, 6.07) is 2.05. The first-order chi connectivity index (χ1) is 10.1. The van der Waals surface area contributed by atoms with Crippen LogP contribution in [-0.2, 0) is 4.74 Å². The van der Waals surface area contributed by atoms with E-state index in [0.717, 1.165) is 12.5 Å². The number of hydrogen-bond acceptors (Lipinski definition) is 6. The highest BCUT2D eigenvalue weighted by Gasteiger charge is 2.53. The lowest BCUT2D eigenvalue weighted by molar-refractivity contribution is 0.0529. The van der Waals surface area contributed by atoms with Crippen molar-refractivity contribution in [2.75, 3.05) is 24.2 Å². The van der Waals surface area contributed by atoms with Gasteiger partial charge >= 0.3 is 5.97 Å². The lowest BCUT2D eigenvalue weighted by Gasteiger charge is -2.15. The second-order valence-corrected chi connectivity index (χ2v) is 6.89. The van der Waals surface area contributed by atoms with Gasteiger partial charge in [0.05, 0.1) is 12.3 Å². The summed E-state index contributed by atoms with van der Waals surface area (Å²) in [7, 11) is 0. The van der Waals surface area contributed by atoms with E-state index in [1.54, 1.807) is 6.92 Å². The van der Waals surface area contributed by atoms with Crippen molar-refractivity contribution >= 4 is 28.0 Å². The molecule has 0 unspecified atom stereocenters. The van der Waals surface area contributed by atoms with Crippen LogP contribution in [0.25, 0.3) is 0 Å². The van der Waals surface area contributed by atoms with Gasteiger partial charge in [-0.15, -0.1) is 11.3 Å². The quantitative estimate of drug-likeness (QED) is 0.789. The molecule has 1 aromatic rings. The van der Waals surface area contributed by atoms with E-state index in [1.807, 2.05) is 6.07 Å². The topological polar surface area (TPSA) is 88.1 Å². The first-order valence-electron chi connectivity index (χ1n) is 7.34. The molecule has 0 aromatic carbocycles. The number of nitrogens with two attached hydrogens (primary N) is 1. The van der Waals surface area contributed by atoms with Crippen molar-refractivity contribution in [3.8, 4) is 6.07 Å². The Labute approximate surface area is 128 Å². The van der Waals surface area contributed by atoms with Crippen LogP contribution in [0.3, 0.4) is 0 Å². The molecule has 2 aliphatic rings. The van der Waals surface area contributed by atoms with E-state index >= 15 is 0 Å². The third-order valence-electron chi connectivity index (χ3n) is 4.46. The van der Waals surface area contributed by atoms with Crippen LogP contribution in [0.2, 0.25) is 0 Å². The van der Waals surface area contributed by atoms with E-state index in [0.29, 0.717) is 27.5 Å². The second-order valence-electron chi connectivity index (χ2n) is 5.87. The summed E-state index contributed by atoms with van der Waals surface area (Å²) in [5.74, 6) is 0.385. The number of hydrogen-bond donors (Lipinski definition) is 2. The van der Waals surface area contributed by atoms with Gasteiger partial charge in [0, 0.05) is 6.54 Å². The van der Waals surface area contributed by atoms with Crippen LogP contribution in [0.5, 0.6) is 0 Å². The molecule has 3 N–H and O–H groups in total. The van der Waals surface area contributed by atoms with E-state index in [-0.39, 0.29) is 5.69 Å². The monoisotopic (exact) mass is 305 g/mol. The van der Waals surface area contributed by atoms with Crippen molar-refractivity contribution in [3.05, 3.63) is 10.4 Å². The number of nitrogen functional groups attached to an aromatic ring is 1. The van der Waals surface area contributed by atoms with Crippen molar-refractivity contribution in [1.82, 2.24) is 0 Å². The molecule has 6 heteroatoms. The van der Waals surface area contributed by atoms with Crippen LogP contribution < -0.4 is 11.1 Å². The van der Waals surface area contributed by atoms with E-state index in [1.165, 1.54) is 37.0 Å². The van der Waals surface area contributed by atoms with E-state index in [4.69, 9.17) is 15.7 Å². The van der Waals surface area contributed by atoms with Crippen LogP contribution in [0.1, 0.15) is 47.8 Å². The Kier molecular flexibility index (Phi) is 3.54. The number of carbonyl (C=O) groups is 1. The minimum absolute atomic E-state index is 0.236. The first kappa shape index (κ1) is 14.2. The molecule has 112 valence electrons. The third kappa shape index (κ3) is 2.58. The van der Waals surface area contributed by atoms with Gasteiger partial charge in [-0.05, 0) is 43.9 Å². The van der Waals surface area contributed by atoms with Gasteiger partial charge < -0.3 is 15.8 Å². The summed E-state index contributed by atoms with van der Waals surface area (Å²) < 4.78 is 5.05. The summed E-state index contributed by atoms with van der Waals surface area (Å²) in [4.78, 5) is 12.4. The molecule has 0 radical (unpaired) electrons. The average molecular weight is 305 g/mol. The highest BCUT2D eigenvalue weighted by Crippen LogP contribution is 2.61. The van der Waals surface area contributed by atoms with Crippen molar-refractivity contribution < 1.29 is 9.53 Å². The molecular weight excluding hydrogens is 286 g/mol. The molecule has 5 nitrogen and oxygen atoms in total. The zero-order valence-corrected chi connectivity index (χ0v) is 12.9. The third-order valence-corrected chi connectivity index (χ3v) is 5.53. The first-order valence-corrected chi connectivity index (χ1v) is 8.16. The fourth-order valence-electron chi connectivity index (χ4n) is 2.90. The zero-order chi connectivity index (χ0) is 15.0. The Morgan fingerprint density at radius 1 is 1.57 bits per heavy atom. The lowest BCUT2D eigenvalue weighted by Crippen LogP contribution is -2.18. The fourth-order valence-corrected chi connectivity index (χ4v) is 3.80. The van der Waals surface area contributed by atoms with E-state index < -0.39 is 5.97 Å². The Morgan fingerprint density at radius 2 is 2.29 bits per heavy atom. The predicted octanol–water partition coefficient (Wildman–Crippen LogP) is 2.98. The minimum Gasteiger partial charge on any atom is -0.462 e. The van der Waals surface area contributed by atoms with Crippen molar-refractivity contribution in [2.45, 2.75) is 32.6 Å². The van der Waals surface area contributed by atoms with Crippen molar-refractivity contribution in [3.63, 3.8) is 0 Å². The minimum atomic E-state index is -0.452. The van der Waals surface area contributed by atoms with Crippen LogP contribution >= 0.6 is 11.3 Å². The summed E-state index contributed by atoms with van der Waals surface area (Å²) in [6.07, 6.45) is 5.15. The Bertz CT molecular complexity index is 609. The molecule has 1 aromatic heterocycles. The van der Waals surface area contributed by atoms with Gasteiger partial charge in [-0.25, -0.2) is 4.79 Å². The fraction of sp³-hybridized carbons (Fsp3) is 0.600. The van der Waals surface area contributed by atoms with E-state index in [9.17, 15) is 4.79 Å². The molecule has 2 saturated carbocycles. The van der Waals surface area contributed by atoms with Crippen LogP contribution in [0.15, 0.2) is 0 Å². The maximum absolute atomic E-state index is 12.1. The van der Waals surface area contributed by atoms with Crippen molar-refractivity contribution in [2.24, 2.45) is 11.3 Å². The highest BCUT2D eigenvalue weighted by molar-refractivity contribution is 7.17. The summed E-state index contributed by atoms with van der Waals surface area (Å²) >= 11 is 1.24. The number of nitrogens with one attached hydrogen (secondary N) is 1. The van der Waals surface area contributed by atoms with Gasteiger partial charge in [0.1, 0.15) is 21.5 Å². The Balaban J connectivity index is 1.80. The maximum Gasteiger partial charge on any atom is 0.343 e. The molecule has 0 atom stereocenters. The van der Waals surface area contributed by atoms with Crippen molar-refractivity contribution in [1.29, 1.82) is 5.26 Å². The molecule has 2 aliphatic carbocycles. The van der Waals surface area contributed by atoms with Crippen LogP contribution in [-0.4, -0.2) is 19.1 Å². The van der Waals surface area contributed by atoms with Crippen LogP contribution in [0, 0.1) is 22.7 Å². The molecule has 0 saturated heterocycles.